The van der Waals surface area contributed by atoms with Crippen molar-refractivity contribution in [2.75, 3.05) is 5.32 Å². The maximum absolute atomic E-state index is 5.77. The molecule has 1 atom stereocenters. The zero-order valence-electron chi connectivity index (χ0n) is 12.5. The molecule has 0 amide bonds. The first-order valence-corrected chi connectivity index (χ1v) is 7.48. The van der Waals surface area contributed by atoms with Crippen LogP contribution in [0.4, 0.5) is 5.69 Å². The van der Waals surface area contributed by atoms with E-state index in [1.807, 2.05) is 12.1 Å². The molecular weight excluding hydrogens is 252 g/mol. The van der Waals surface area contributed by atoms with Gasteiger partial charge in [0.05, 0.1) is 0 Å². The summed E-state index contributed by atoms with van der Waals surface area (Å²) in [4.78, 5) is 0.455. The maximum atomic E-state index is 5.77. The molecule has 0 bridgehead atoms. The topological polar surface area (TPSA) is 38.0 Å². The number of thiocarbonyl (C=S) groups is 1. The molecular formula is C16H26N2S. The normalized spacial score (nSPS) is 12.5. The average Bonchev–Trinajstić information content (AvgIpc) is 2.27. The molecule has 0 aliphatic heterocycles. The quantitative estimate of drug-likeness (QED) is 0.732. The molecule has 106 valence electrons. The Balaban J connectivity index is 2.65. The third-order valence-corrected chi connectivity index (χ3v) is 3.48. The van der Waals surface area contributed by atoms with E-state index in [2.05, 4.69) is 39.1 Å². The third kappa shape index (κ3) is 5.60. The Bertz CT molecular complexity index is 427. The van der Waals surface area contributed by atoms with E-state index in [0.717, 1.165) is 17.2 Å². The minimum atomic E-state index is 0.439. The van der Waals surface area contributed by atoms with Crippen LogP contribution in [0.1, 0.15) is 51.2 Å². The van der Waals surface area contributed by atoms with Crippen molar-refractivity contribution in [3.05, 3.63) is 29.3 Å². The van der Waals surface area contributed by atoms with Gasteiger partial charge in [-0.3, -0.25) is 0 Å². The van der Waals surface area contributed by atoms with Crippen molar-refractivity contribution in [2.45, 2.75) is 53.0 Å². The minimum Gasteiger partial charge on any atom is -0.389 e. The van der Waals surface area contributed by atoms with E-state index in [1.165, 1.54) is 24.8 Å². The first kappa shape index (κ1) is 16.0. The van der Waals surface area contributed by atoms with E-state index in [9.17, 15) is 0 Å². The molecule has 19 heavy (non-hydrogen) atoms. The van der Waals surface area contributed by atoms with Gasteiger partial charge in [0.25, 0.3) is 0 Å². The summed E-state index contributed by atoms with van der Waals surface area (Å²) in [5, 5.41) is 3.54. The number of hydrogen-bond acceptors (Lipinski definition) is 2. The molecule has 2 nitrogen and oxygen atoms in total. The van der Waals surface area contributed by atoms with Gasteiger partial charge in [0.2, 0.25) is 0 Å². The molecule has 1 rings (SSSR count). The van der Waals surface area contributed by atoms with Gasteiger partial charge in [-0.1, -0.05) is 45.0 Å². The van der Waals surface area contributed by atoms with Crippen molar-refractivity contribution in [1.82, 2.24) is 0 Å². The molecule has 0 aliphatic carbocycles. The third-order valence-electron chi connectivity index (χ3n) is 3.26. The van der Waals surface area contributed by atoms with Crippen LogP contribution < -0.4 is 11.1 Å². The number of anilines is 1. The second-order valence-corrected chi connectivity index (χ2v) is 6.22. The fourth-order valence-corrected chi connectivity index (χ4v) is 2.34. The summed E-state index contributed by atoms with van der Waals surface area (Å²) in [6, 6.07) is 6.60. The zero-order chi connectivity index (χ0) is 14.4. The van der Waals surface area contributed by atoms with Crippen LogP contribution in [0.3, 0.4) is 0 Å². The lowest BCUT2D eigenvalue weighted by atomic mass is 10.0. The first-order chi connectivity index (χ1) is 8.90. The van der Waals surface area contributed by atoms with Crippen LogP contribution in [0.15, 0.2) is 18.2 Å². The molecule has 0 aliphatic rings. The van der Waals surface area contributed by atoms with Gasteiger partial charge in [-0.15, -0.1) is 0 Å². The average molecular weight is 278 g/mol. The summed E-state index contributed by atoms with van der Waals surface area (Å²) in [7, 11) is 0. The smallest absolute Gasteiger partial charge is 0.106 e. The SMILES string of the molecule is Cc1ccc(C(N)=S)c(NC(C)CCCC(C)C)c1. The van der Waals surface area contributed by atoms with E-state index >= 15 is 0 Å². The van der Waals surface area contributed by atoms with Crippen molar-refractivity contribution >= 4 is 22.9 Å². The van der Waals surface area contributed by atoms with Crippen molar-refractivity contribution in [1.29, 1.82) is 0 Å². The van der Waals surface area contributed by atoms with E-state index in [1.54, 1.807) is 0 Å². The lowest BCUT2D eigenvalue weighted by Crippen LogP contribution is -2.19. The van der Waals surface area contributed by atoms with Crippen molar-refractivity contribution in [3.63, 3.8) is 0 Å². The number of hydrogen-bond donors (Lipinski definition) is 2. The van der Waals surface area contributed by atoms with Gasteiger partial charge >= 0.3 is 0 Å². The second kappa shape index (κ2) is 7.49. The highest BCUT2D eigenvalue weighted by Crippen LogP contribution is 2.20. The van der Waals surface area contributed by atoms with Gasteiger partial charge in [0.1, 0.15) is 4.99 Å². The largest absolute Gasteiger partial charge is 0.389 e. The maximum Gasteiger partial charge on any atom is 0.106 e. The first-order valence-electron chi connectivity index (χ1n) is 7.07. The summed E-state index contributed by atoms with van der Waals surface area (Å²) >= 11 is 5.11. The predicted molar refractivity (Wildman–Crippen MR) is 88.8 cm³/mol. The Kier molecular flexibility index (Phi) is 6.29. The summed E-state index contributed by atoms with van der Waals surface area (Å²) in [6.45, 7) is 8.83. The number of benzene rings is 1. The van der Waals surface area contributed by atoms with E-state index in [4.69, 9.17) is 18.0 Å². The van der Waals surface area contributed by atoms with Crippen molar-refractivity contribution < 1.29 is 0 Å². The van der Waals surface area contributed by atoms with Crippen LogP contribution in [0.5, 0.6) is 0 Å². The minimum absolute atomic E-state index is 0.439. The molecule has 0 heterocycles. The Labute approximate surface area is 122 Å². The zero-order valence-corrected chi connectivity index (χ0v) is 13.3. The number of rotatable bonds is 7. The summed E-state index contributed by atoms with van der Waals surface area (Å²) < 4.78 is 0. The van der Waals surface area contributed by atoms with Crippen LogP contribution >= 0.6 is 12.2 Å². The van der Waals surface area contributed by atoms with Gasteiger partial charge in [-0.2, -0.15) is 0 Å². The van der Waals surface area contributed by atoms with Crippen LogP contribution in [-0.2, 0) is 0 Å². The fraction of sp³-hybridized carbons (Fsp3) is 0.562. The highest BCUT2D eigenvalue weighted by Gasteiger charge is 2.09. The van der Waals surface area contributed by atoms with E-state index in [0.29, 0.717) is 11.0 Å². The van der Waals surface area contributed by atoms with E-state index in [-0.39, 0.29) is 0 Å². The van der Waals surface area contributed by atoms with Crippen LogP contribution in [0.2, 0.25) is 0 Å². The summed E-state index contributed by atoms with van der Waals surface area (Å²) in [5.74, 6) is 0.776. The molecule has 1 unspecified atom stereocenters. The van der Waals surface area contributed by atoms with Gasteiger partial charge in [-0.05, 0) is 43.9 Å². The molecule has 0 radical (unpaired) electrons. The van der Waals surface area contributed by atoms with Crippen LogP contribution in [-0.4, -0.2) is 11.0 Å². The Morgan fingerprint density at radius 3 is 2.53 bits per heavy atom. The molecule has 0 saturated carbocycles. The summed E-state index contributed by atoms with van der Waals surface area (Å²) in [5.41, 5.74) is 8.99. The predicted octanol–water partition coefficient (Wildman–Crippen LogP) is 4.26. The highest BCUT2D eigenvalue weighted by molar-refractivity contribution is 7.80. The second-order valence-electron chi connectivity index (χ2n) is 5.78. The molecule has 0 fully saturated rings. The highest BCUT2D eigenvalue weighted by atomic mass is 32.1. The lowest BCUT2D eigenvalue weighted by Gasteiger charge is -2.18. The molecule has 0 saturated heterocycles. The van der Waals surface area contributed by atoms with Gasteiger partial charge in [0, 0.05) is 17.3 Å². The van der Waals surface area contributed by atoms with Crippen molar-refractivity contribution in [3.8, 4) is 0 Å². The monoisotopic (exact) mass is 278 g/mol. The van der Waals surface area contributed by atoms with E-state index < -0.39 is 0 Å². The Hall–Kier alpha value is -1.09. The molecule has 0 spiro atoms. The fourth-order valence-electron chi connectivity index (χ4n) is 2.16. The van der Waals surface area contributed by atoms with Crippen LogP contribution in [0.25, 0.3) is 0 Å². The van der Waals surface area contributed by atoms with Gasteiger partial charge < -0.3 is 11.1 Å². The van der Waals surface area contributed by atoms with Crippen LogP contribution in [0, 0.1) is 12.8 Å². The molecule has 1 aromatic carbocycles. The molecule has 0 aromatic heterocycles. The standard InChI is InChI=1S/C16H26N2S/c1-11(2)6-5-7-13(4)18-15-10-12(3)8-9-14(15)16(17)19/h8-11,13,18H,5-7H2,1-4H3,(H2,17,19). The number of nitrogens with one attached hydrogen (secondary N) is 1. The Morgan fingerprint density at radius 1 is 1.26 bits per heavy atom. The molecule has 3 heteroatoms. The number of aryl methyl sites for hydroxylation is 1. The number of nitrogens with two attached hydrogens (primary N) is 1. The van der Waals surface area contributed by atoms with Crippen molar-refractivity contribution in [2.24, 2.45) is 11.7 Å². The molecule has 1 aromatic rings. The van der Waals surface area contributed by atoms with Gasteiger partial charge in [0.15, 0.2) is 0 Å². The Morgan fingerprint density at radius 2 is 1.95 bits per heavy atom. The van der Waals surface area contributed by atoms with Gasteiger partial charge in [-0.25, -0.2) is 0 Å². The summed E-state index contributed by atoms with van der Waals surface area (Å²) in [6.07, 6.45) is 3.70. The lowest BCUT2D eigenvalue weighted by molar-refractivity contribution is 0.520. The molecule has 3 N–H and O–H groups in total.